The van der Waals surface area contributed by atoms with Gasteiger partial charge in [-0.3, -0.25) is 0 Å². The Morgan fingerprint density at radius 3 is 1.47 bits per heavy atom. The molecule has 0 aromatic heterocycles. The van der Waals surface area contributed by atoms with Gasteiger partial charge in [-0.05, 0) is 65.0 Å². The number of anilines is 2. The zero-order valence-electron chi connectivity index (χ0n) is 22.3. The first kappa shape index (κ1) is 28.0. The highest BCUT2D eigenvalue weighted by atomic mass is 15.1. The molecular formula is C32H36N4. The Labute approximate surface area is 217 Å². The molecule has 0 radical (unpaired) electrons. The lowest BCUT2D eigenvalue weighted by molar-refractivity contribution is 1.05. The summed E-state index contributed by atoms with van der Waals surface area (Å²) in [5.41, 5.74) is 7.52. The third kappa shape index (κ3) is 7.62. The molecule has 1 saturated carbocycles. The fourth-order valence-electron chi connectivity index (χ4n) is 3.82. The van der Waals surface area contributed by atoms with E-state index in [1.807, 2.05) is 78.5 Å². The van der Waals surface area contributed by atoms with E-state index in [0.717, 1.165) is 52.1 Å². The number of nitriles is 1. The Hall–Kier alpha value is -4.28. The van der Waals surface area contributed by atoms with Crippen LogP contribution in [0.5, 0.6) is 0 Å². The van der Waals surface area contributed by atoms with Crippen molar-refractivity contribution < 1.29 is 0 Å². The number of hydrogen-bond acceptors (Lipinski definition) is 3. The predicted octanol–water partition coefficient (Wildman–Crippen LogP) is 7.91. The van der Waals surface area contributed by atoms with Crippen LogP contribution in [0.1, 0.15) is 37.8 Å². The summed E-state index contributed by atoms with van der Waals surface area (Å²) < 4.78 is 0. The van der Waals surface area contributed by atoms with Crippen molar-refractivity contribution in [3.05, 3.63) is 118 Å². The van der Waals surface area contributed by atoms with E-state index in [0.29, 0.717) is 0 Å². The van der Waals surface area contributed by atoms with Crippen LogP contribution < -0.4 is 9.80 Å². The van der Waals surface area contributed by atoms with E-state index in [2.05, 4.69) is 69.2 Å². The molecule has 184 valence electrons. The first-order chi connectivity index (χ1) is 17.4. The van der Waals surface area contributed by atoms with Crippen molar-refractivity contribution in [3.8, 4) is 6.07 Å². The lowest BCUT2D eigenvalue weighted by Gasteiger charge is -2.11. The monoisotopic (exact) mass is 476 g/mol. The summed E-state index contributed by atoms with van der Waals surface area (Å²) in [6.45, 7) is 11.5. The second kappa shape index (κ2) is 14.2. The first-order valence-corrected chi connectivity index (χ1v) is 12.2. The minimum Gasteiger partial charge on any atom is -0.378 e. The van der Waals surface area contributed by atoms with Crippen molar-refractivity contribution in [2.45, 2.75) is 26.7 Å². The van der Waals surface area contributed by atoms with Gasteiger partial charge in [-0.2, -0.15) is 0 Å². The smallest absolute Gasteiger partial charge is 0.269 e. The van der Waals surface area contributed by atoms with Gasteiger partial charge in [-0.1, -0.05) is 74.6 Å². The SMILES string of the molecule is CC.[C-]#[N+]C(C#N)=C1C(=CC=Cc2ccc(N(C)C)cc2)CCC1=CC=Cc1ccc(N(C)C)cc1. The van der Waals surface area contributed by atoms with Crippen molar-refractivity contribution in [2.24, 2.45) is 0 Å². The molecule has 3 rings (SSSR count). The number of hydrogen-bond donors (Lipinski definition) is 0. The molecule has 1 fully saturated rings. The molecule has 0 atom stereocenters. The Bertz CT molecular complexity index is 1140. The zero-order valence-corrected chi connectivity index (χ0v) is 22.3. The fourth-order valence-corrected chi connectivity index (χ4v) is 3.82. The Morgan fingerprint density at radius 1 is 0.778 bits per heavy atom. The molecule has 1 aliphatic rings. The number of rotatable bonds is 6. The highest BCUT2D eigenvalue weighted by Gasteiger charge is 2.22. The molecule has 0 unspecified atom stereocenters. The molecule has 0 aliphatic heterocycles. The van der Waals surface area contributed by atoms with Gasteiger partial charge in [0.2, 0.25) is 0 Å². The molecule has 2 aromatic carbocycles. The molecule has 1 aliphatic carbocycles. The van der Waals surface area contributed by atoms with Crippen LogP contribution >= 0.6 is 0 Å². The van der Waals surface area contributed by atoms with Gasteiger partial charge in [0.1, 0.15) is 0 Å². The summed E-state index contributed by atoms with van der Waals surface area (Å²) in [6, 6.07) is 18.8. The van der Waals surface area contributed by atoms with Gasteiger partial charge in [0, 0.05) is 39.6 Å². The maximum absolute atomic E-state index is 9.55. The molecule has 0 saturated heterocycles. The summed E-state index contributed by atoms with van der Waals surface area (Å²) in [7, 11) is 8.09. The Morgan fingerprint density at radius 2 is 1.17 bits per heavy atom. The van der Waals surface area contributed by atoms with Gasteiger partial charge < -0.3 is 9.80 Å². The number of benzene rings is 2. The minimum absolute atomic E-state index is 0.155. The second-order valence-corrected chi connectivity index (χ2v) is 8.52. The fraction of sp³-hybridized carbons (Fsp3) is 0.250. The first-order valence-electron chi connectivity index (χ1n) is 12.2. The van der Waals surface area contributed by atoms with Crippen molar-refractivity contribution in [2.75, 3.05) is 38.0 Å². The quantitative estimate of drug-likeness (QED) is 0.314. The van der Waals surface area contributed by atoms with E-state index < -0.39 is 0 Å². The normalized spacial score (nSPS) is 15.1. The van der Waals surface area contributed by atoms with E-state index in [4.69, 9.17) is 6.57 Å². The second-order valence-electron chi connectivity index (χ2n) is 8.52. The van der Waals surface area contributed by atoms with Crippen LogP contribution in [0.4, 0.5) is 11.4 Å². The molecule has 0 N–H and O–H groups in total. The van der Waals surface area contributed by atoms with E-state index in [1.165, 1.54) is 0 Å². The molecule has 2 aromatic rings. The maximum Gasteiger partial charge on any atom is 0.269 e. The van der Waals surface area contributed by atoms with Gasteiger partial charge in [0.05, 0.1) is 12.6 Å². The standard InChI is InChI=1S/C30H30N4.C2H6/c1-32-29(22-31)30-25(10-6-8-23-12-18-27(19-13-23)33(2)3)16-17-26(30)11-7-9-24-14-20-28(21-15-24)34(4)5;1-2/h6-15,18-21H,16-17H2,2-5H3;1-2H3. The lowest BCUT2D eigenvalue weighted by atomic mass is 10.0. The Balaban J connectivity index is 0.00000222. The average Bonchev–Trinajstić information content (AvgIpc) is 3.29. The van der Waals surface area contributed by atoms with Gasteiger partial charge in [-0.15, -0.1) is 0 Å². The molecule has 4 nitrogen and oxygen atoms in total. The number of allylic oxidation sites excluding steroid dienone is 8. The van der Waals surface area contributed by atoms with Crippen LogP contribution in [0, 0.1) is 17.9 Å². The summed E-state index contributed by atoms with van der Waals surface area (Å²) in [6.07, 6.45) is 13.8. The van der Waals surface area contributed by atoms with Crippen LogP contribution in [0.3, 0.4) is 0 Å². The molecule has 0 amide bonds. The Kier molecular flexibility index (Phi) is 11.0. The third-order valence-corrected chi connectivity index (χ3v) is 5.75. The van der Waals surface area contributed by atoms with Gasteiger partial charge in [0.15, 0.2) is 0 Å². The highest BCUT2D eigenvalue weighted by Crippen LogP contribution is 2.38. The van der Waals surface area contributed by atoms with Crippen LogP contribution in [0.2, 0.25) is 0 Å². The summed E-state index contributed by atoms with van der Waals surface area (Å²) in [4.78, 5) is 7.64. The molecule has 0 bridgehead atoms. The topological polar surface area (TPSA) is 34.6 Å². The summed E-state index contributed by atoms with van der Waals surface area (Å²) >= 11 is 0. The van der Waals surface area contributed by atoms with Crippen molar-refractivity contribution in [1.82, 2.24) is 0 Å². The van der Waals surface area contributed by atoms with E-state index in [-0.39, 0.29) is 5.70 Å². The van der Waals surface area contributed by atoms with Crippen LogP contribution in [0.15, 0.2) is 95.3 Å². The lowest BCUT2D eigenvalue weighted by Crippen LogP contribution is -2.07. The summed E-state index contributed by atoms with van der Waals surface area (Å²) in [5, 5.41) is 9.55. The maximum atomic E-state index is 9.55. The average molecular weight is 477 g/mol. The van der Waals surface area contributed by atoms with Crippen molar-refractivity contribution >= 4 is 23.5 Å². The van der Waals surface area contributed by atoms with Crippen molar-refractivity contribution in [1.29, 1.82) is 5.26 Å². The molecule has 4 heteroatoms. The van der Waals surface area contributed by atoms with Crippen molar-refractivity contribution in [3.63, 3.8) is 0 Å². The van der Waals surface area contributed by atoms with Gasteiger partial charge in [-0.25, -0.2) is 10.1 Å². The van der Waals surface area contributed by atoms with Crippen LogP contribution in [-0.2, 0) is 0 Å². The summed E-state index contributed by atoms with van der Waals surface area (Å²) in [5.74, 6) is 0. The number of nitrogens with zero attached hydrogens (tertiary/aromatic N) is 4. The zero-order chi connectivity index (χ0) is 26.5. The van der Waals surface area contributed by atoms with Gasteiger partial charge >= 0.3 is 0 Å². The van der Waals surface area contributed by atoms with Crippen LogP contribution in [-0.4, -0.2) is 28.2 Å². The molecular weight excluding hydrogens is 440 g/mol. The third-order valence-electron chi connectivity index (χ3n) is 5.75. The van der Waals surface area contributed by atoms with E-state index >= 15 is 0 Å². The van der Waals surface area contributed by atoms with Gasteiger partial charge in [0.25, 0.3) is 5.70 Å². The van der Waals surface area contributed by atoms with E-state index in [9.17, 15) is 5.26 Å². The molecule has 0 spiro atoms. The highest BCUT2D eigenvalue weighted by molar-refractivity contribution is 5.64. The van der Waals surface area contributed by atoms with E-state index in [1.54, 1.807) is 0 Å². The van der Waals surface area contributed by atoms with Crippen LogP contribution in [0.25, 0.3) is 17.0 Å². The predicted molar refractivity (Wildman–Crippen MR) is 156 cm³/mol. The molecule has 0 heterocycles. The molecule has 36 heavy (non-hydrogen) atoms. The largest absolute Gasteiger partial charge is 0.378 e. The minimum atomic E-state index is 0.155.